The lowest BCUT2D eigenvalue weighted by molar-refractivity contribution is -0.120. The number of rotatable bonds is 3. The minimum Gasteiger partial charge on any atom is -0.355 e. The average molecular weight is 302 g/mol. The predicted molar refractivity (Wildman–Crippen MR) is 81.5 cm³/mol. The molecule has 3 rings (SSSR count). The minimum absolute atomic E-state index is 0.0897. The van der Waals surface area contributed by atoms with Gasteiger partial charge in [-0.15, -0.1) is 0 Å². The number of carbonyl (C=O) groups excluding carboxylic acids is 1. The summed E-state index contributed by atoms with van der Waals surface area (Å²) in [5.74, 6) is -0.178. The molecule has 116 valence electrons. The fourth-order valence-electron chi connectivity index (χ4n) is 2.72. The highest BCUT2D eigenvalue weighted by Gasteiger charge is 2.21. The van der Waals surface area contributed by atoms with E-state index in [0.29, 0.717) is 26.1 Å². The number of hydrogen-bond donors (Lipinski definition) is 2. The van der Waals surface area contributed by atoms with Crippen molar-refractivity contribution in [2.24, 2.45) is 0 Å². The first-order valence-corrected chi connectivity index (χ1v) is 7.42. The topological polar surface area (TPSA) is 61.0 Å². The Hall–Kier alpha value is -2.21. The van der Waals surface area contributed by atoms with E-state index in [1.165, 1.54) is 12.1 Å². The fraction of sp³-hybridized carbons (Fsp3) is 0.375. The maximum absolute atomic E-state index is 13.4. The summed E-state index contributed by atoms with van der Waals surface area (Å²) in [5, 5.41) is 9.96. The molecule has 0 bridgehead atoms. The minimum atomic E-state index is -0.268. The van der Waals surface area contributed by atoms with Crippen LogP contribution in [-0.2, 0) is 11.3 Å². The molecule has 1 saturated heterocycles. The molecule has 0 aliphatic carbocycles. The number of hydrogen-bond acceptors (Lipinski definition) is 3. The van der Waals surface area contributed by atoms with Crippen LogP contribution in [0.2, 0.25) is 0 Å². The Kier molecular flexibility index (Phi) is 4.20. The van der Waals surface area contributed by atoms with E-state index in [1.807, 2.05) is 6.07 Å². The molecule has 6 heteroatoms. The van der Waals surface area contributed by atoms with Gasteiger partial charge in [0.25, 0.3) is 0 Å². The number of aromatic amines is 1. The van der Waals surface area contributed by atoms with Crippen LogP contribution in [0, 0.1) is 5.82 Å². The Morgan fingerprint density at radius 1 is 1.45 bits per heavy atom. The number of aromatic nitrogens is 2. The molecular formula is C16H19FN4O. The van der Waals surface area contributed by atoms with Crippen molar-refractivity contribution in [2.75, 3.05) is 13.1 Å². The Bertz CT molecular complexity index is 670. The lowest BCUT2D eigenvalue weighted by atomic mass is 10.1. The predicted octanol–water partition coefficient (Wildman–Crippen LogP) is 1.93. The SMILES string of the molecule is C[C@H]1CNC(=O)CCN1Cc1cn[nH]c1-c1cccc(F)c1. The Morgan fingerprint density at radius 3 is 3.14 bits per heavy atom. The van der Waals surface area contributed by atoms with Crippen LogP contribution in [0.15, 0.2) is 30.5 Å². The molecule has 5 nitrogen and oxygen atoms in total. The van der Waals surface area contributed by atoms with Crippen molar-refractivity contribution >= 4 is 5.91 Å². The Morgan fingerprint density at radius 2 is 2.32 bits per heavy atom. The first kappa shape index (κ1) is 14.7. The van der Waals surface area contributed by atoms with Gasteiger partial charge in [0.1, 0.15) is 5.82 Å². The Balaban J connectivity index is 1.81. The van der Waals surface area contributed by atoms with Gasteiger partial charge in [-0.05, 0) is 19.1 Å². The van der Waals surface area contributed by atoms with E-state index in [1.54, 1.807) is 12.3 Å². The second kappa shape index (κ2) is 6.27. The summed E-state index contributed by atoms with van der Waals surface area (Å²) >= 11 is 0. The molecule has 0 spiro atoms. The molecule has 1 amide bonds. The van der Waals surface area contributed by atoms with Gasteiger partial charge in [-0.25, -0.2) is 4.39 Å². The van der Waals surface area contributed by atoms with Crippen molar-refractivity contribution < 1.29 is 9.18 Å². The third kappa shape index (κ3) is 3.17. The number of benzene rings is 1. The summed E-state index contributed by atoms with van der Waals surface area (Å²) in [6.45, 7) is 4.12. The number of nitrogens with one attached hydrogen (secondary N) is 2. The highest BCUT2D eigenvalue weighted by molar-refractivity contribution is 5.76. The van der Waals surface area contributed by atoms with Crippen molar-refractivity contribution in [2.45, 2.75) is 25.9 Å². The third-order valence-electron chi connectivity index (χ3n) is 4.05. The van der Waals surface area contributed by atoms with Gasteiger partial charge in [0, 0.05) is 43.2 Å². The Labute approximate surface area is 128 Å². The van der Waals surface area contributed by atoms with Gasteiger partial charge >= 0.3 is 0 Å². The molecule has 2 aromatic rings. The van der Waals surface area contributed by atoms with Crippen LogP contribution in [0.25, 0.3) is 11.3 Å². The van der Waals surface area contributed by atoms with E-state index in [2.05, 4.69) is 27.3 Å². The number of nitrogens with zero attached hydrogens (tertiary/aromatic N) is 2. The van der Waals surface area contributed by atoms with Crippen molar-refractivity contribution in [3.63, 3.8) is 0 Å². The second-order valence-corrected chi connectivity index (χ2v) is 5.65. The van der Waals surface area contributed by atoms with E-state index in [-0.39, 0.29) is 17.8 Å². The summed E-state index contributed by atoms with van der Waals surface area (Å²) in [5.41, 5.74) is 2.62. The molecule has 1 aromatic heterocycles. The zero-order chi connectivity index (χ0) is 15.5. The average Bonchev–Trinajstić information content (AvgIpc) is 2.90. The summed E-state index contributed by atoms with van der Waals surface area (Å²) in [6, 6.07) is 6.71. The van der Waals surface area contributed by atoms with Crippen LogP contribution in [-0.4, -0.2) is 40.1 Å². The van der Waals surface area contributed by atoms with Crippen molar-refractivity contribution in [3.05, 3.63) is 41.8 Å². The second-order valence-electron chi connectivity index (χ2n) is 5.65. The zero-order valence-electron chi connectivity index (χ0n) is 12.5. The molecule has 2 heterocycles. The van der Waals surface area contributed by atoms with Crippen LogP contribution in [0.1, 0.15) is 18.9 Å². The summed E-state index contributed by atoms with van der Waals surface area (Å²) in [6.07, 6.45) is 2.27. The molecule has 0 radical (unpaired) electrons. The number of halogens is 1. The zero-order valence-corrected chi connectivity index (χ0v) is 12.5. The monoisotopic (exact) mass is 302 g/mol. The van der Waals surface area contributed by atoms with Gasteiger partial charge in [-0.3, -0.25) is 14.8 Å². The van der Waals surface area contributed by atoms with E-state index >= 15 is 0 Å². The molecule has 1 aliphatic rings. The lowest BCUT2D eigenvalue weighted by Gasteiger charge is -2.26. The molecule has 22 heavy (non-hydrogen) atoms. The van der Waals surface area contributed by atoms with E-state index in [9.17, 15) is 9.18 Å². The van der Waals surface area contributed by atoms with E-state index in [0.717, 1.165) is 16.8 Å². The normalized spacial score (nSPS) is 19.7. The molecular weight excluding hydrogens is 283 g/mol. The van der Waals surface area contributed by atoms with Gasteiger partial charge in [-0.1, -0.05) is 12.1 Å². The van der Waals surface area contributed by atoms with Crippen LogP contribution in [0.5, 0.6) is 0 Å². The molecule has 1 aliphatic heterocycles. The highest BCUT2D eigenvalue weighted by atomic mass is 19.1. The summed E-state index contributed by atoms with van der Waals surface area (Å²) in [4.78, 5) is 13.7. The van der Waals surface area contributed by atoms with Gasteiger partial charge in [0.2, 0.25) is 5.91 Å². The van der Waals surface area contributed by atoms with E-state index in [4.69, 9.17) is 0 Å². The van der Waals surface area contributed by atoms with Crippen molar-refractivity contribution in [1.82, 2.24) is 20.4 Å². The van der Waals surface area contributed by atoms with Crippen LogP contribution in [0.4, 0.5) is 4.39 Å². The fourth-order valence-corrected chi connectivity index (χ4v) is 2.72. The molecule has 1 atom stereocenters. The lowest BCUT2D eigenvalue weighted by Crippen LogP contribution is -2.37. The number of H-pyrrole nitrogens is 1. The largest absolute Gasteiger partial charge is 0.355 e. The highest BCUT2D eigenvalue weighted by Crippen LogP contribution is 2.23. The summed E-state index contributed by atoms with van der Waals surface area (Å²) < 4.78 is 13.4. The van der Waals surface area contributed by atoms with E-state index < -0.39 is 0 Å². The number of amides is 1. The number of carbonyl (C=O) groups is 1. The van der Waals surface area contributed by atoms with Gasteiger partial charge < -0.3 is 5.32 Å². The molecule has 0 saturated carbocycles. The van der Waals surface area contributed by atoms with Crippen LogP contribution < -0.4 is 5.32 Å². The maximum Gasteiger partial charge on any atom is 0.221 e. The quantitative estimate of drug-likeness (QED) is 0.910. The van der Waals surface area contributed by atoms with Gasteiger partial charge in [-0.2, -0.15) is 5.10 Å². The third-order valence-corrected chi connectivity index (χ3v) is 4.05. The molecule has 1 aromatic carbocycles. The first-order chi connectivity index (χ1) is 10.6. The van der Waals surface area contributed by atoms with Gasteiger partial charge in [0.15, 0.2) is 0 Å². The molecule has 2 N–H and O–H groups in total. The molecule has 0 unspecified atom stereocenters. The maximum atomic E-state index is 13.4. The van der Waals surface area contributed by atoms with Crippen molar-refractivity contribution in [1.29, 1.82) is 0 Å². The smallest absolute Gasteiger partial charge is 0.221 e. The van der Waals surface area contributed by atoms with Crippen LogP contribution in [0.3, 0.4) is 0 Å². The van der Waals surface area contributed by atoms with Crippen LogP contribution >= 0.6 is 0 Å². The molecule has 1 fully saturated rings. The standard InChI is InChI=1S/C16H19FN4O/c1-11-8-18-15(22)5-6-21(11)10-13-9-19-20-16(13)12-3-2-4-14(17)7-12/h2-4,7,9,11H,5-6,8,10H2,1H3,(H,18,22)(H,19,20)/t11-/m0/s1. The van der Waals surface area contributed by atoms with Crippen molar-refractivity contribution in [3.8, 4) is 11.3 Å². The van der Waals surface area contributed by atoms with Gasteiger partial charge in [0.05, 0.1) is 11.9 Å². The first-order valence-electron chi connectivity index (χ1n) is 7.42. The summed E-state index contributed by atoms with van der Waals surface area (Å²) in [7, 11) is 0.